The van der Waals surface area contributed by atoms with E-state index in [1.165, 1.54) is 16.2 Å². The van der Waals surface area contributed by atoms with Crippen LogP contribution in [0.5, 0.6) is 11.5 Å². The van der Waals surface area contributed by atoms with Crippen molar-refractivity contribution >= 4 is 73.1 Å². The third-order valence-corrected chi connectivity index (χ3v) is 12.7. The minimum Gasteiger partial charge on any atom is -0.495 e. The van der Waals surface area contributed by atoms with Crippen molar-refractivity contribution in [1.82, 2.24) is 25.5 Å². The zero-order valence-electron chi connectivity index (χ0n) is 31.9. The van der Waals surface area contributed by atoms with Gasteiger partial charge in [0.15, 0.2) is 5.13 Å². The first-order chi connectivity index (χ1) is 27.5. The number of aliphatic carboxylic acids is 1. The molecule has 4 N–H and O–H groups in total. The molecule has 4 heterocycles. The molecule has 4 amide bonds. The molecule has 2 aliphatic carbocycles. The monoisotopic (exact) mass is 866 g/mol. The van der Waals surface area contributed by atoms with Gasteiger partial charge in [-0.05, 0) is 79.4 Å². The predicted molar refractivity (Wildman–Crippen MR) is 215 cm³/mol. The Hall–Kier alpha value is -4.77. The lowest BCUT2D eigenvalue weighted by atomic mass is 10.0. The van der Waals surface area contributed by atoms with Crippen molar-refractivity contribution in [2.24, 2.45) is 5.92 Å². The van der Waals surface area contributed by atoms with Crippen LogP contribution >= 0.6 is 27.3 Å². The number of thiazole rings is 1. The van der Waals surface area contributed by atoms with Crippen LogP contribution in [0.25, 0.3) is 22.3 Å². The van der Waals surface area contributed by atoms with Crippen LogP contribution in [0.3, 0.4) is 0 Å². The van der Waals surface area contributed by atoms with Gasteiger partial charge in [-0.15, -0.1) is 11.3 Å². The molecular weight excluding hydrogens is 820 g/mol. The summed E-state index contributed by atoms with van der Waals surface area (Å²) in [6.07, 6.45) is 9.63. The average molecular weight is 868 g/mol. The summed E-state index contributed by atoms with van der Waals surface area (Å²) in [7, 11) is 1.54. The van der Waals surface area contributed by atoms with Crippen LogP contribution in [0.2, 0.25) is 0 Å². The molecule has 0 bridgehead atoms. The second-order valence-electron chi connectivity index (χ2n) is 15.1. The molecule has 1 saturated heterocycles. The van der Waals surface area contributed by atoms with Crippen molar-refractivity contribution in [3.8, 4) is 22.9 Å². The van der Waals surface area contributed by atoms with Crippen molar-refractivity contribution in [2.75, 3.05) is 19.0 Å². The van der Waals surface area contributed by atoms with Crippen molar-refractivity contribution in [1.29, 1.82) is 0 Å². The summed E-state index contributed by atoms with van der Waals surface area (Å²) >= 11 is 4.88. The number of anilines is 1. The maximum absolute atomic E-state index is 14.6. The number of carbonyl (C=O) groups excluding carboxylic acids is 4. The molecule has 2 aliphatic heterocycles. The lowest BCUT2D eigenvalue weighted by Gasteiger charge is -2.29. The van der Waals surface area contributed by atoms with Crippen LogP contribution < -0.4 is 25.4 Å². The van der Waals surface area contributed by atoms with E-state index in [1.807, 2.05) is 12.2 Å². The third-order valence-electron chi connectivity index (χ3n) is 11.2. The maximum Gasteiger partial charge on any atom is 0.408 e. The smallest absolute Gasteiger partial charge is 0.408 e. The summed E-state index contributed by atoms with van der Waals surface area (Å²) in [5.41, 5.74) is -0.0270. The summed E-state index contributed by atoms with van der Waals surface area (Å²) in [6.45, 7) is 1.73. The Balaban J connectivity index is 1.22. The summed E-state index contributed by atoms with van der Waals surface area (Å²) in [5.74, 6) is -1.82. The molecular formula is C40H47BrN6O9S. The van der Waals surface area contributed by atoms with Gasteiger partial charge in [-0.1, -0.05) is 31.9 Å². The number of fused-ring (bicyclic) bond motifs is 3. The molecule has 2 aromatic heterocycles. The van der Waals surface area contributed by atoms with Gasteiger partial charge in [-0.25, -0.2) is 19.6 Å². The number of allylic oxidation sites excluding steroid dienone is 1. The number of carboxylic acids is 1. The number of hydrogen-bond acceptors (Lipinski definition) is 11. The molecule has 17 heteroatoms. The number of rotatable bonds is 9. The molecule has 304 valence electrons. The summed E-state index contributed by atoms with van der Waals surface area (Å²) in [6, 6.07) is 3.23. The fourth-order valence-electron chi connectivity index (χ4n) is 7.91. The van der Waals surface area contributed by atoms with Gasteiger partial charge in [0.05, 0.1) is 29.3 Å². The molecule has 0 spiro atoms. The molecule has 2 saturated carbocycles. The number of carboxylic acid groups (broad SMARTS) is 1. The second-order valence-corrected chi connectivity index (χ2v) is 16.7. The van der Waals surface area contributed by atoms with Gasteiger partial charge in [0.2, 0.25) is 17.7 Å². The zero-order valence-corrected chi connectivity index (χ0v) is 34.3. The van der Waals surface area contributed by atoms with E-state index in [2.05, 4.69) is 36.9 Å². The number of amides is 4. The molecule has 3 aromatic rings. The highest BCUT2D eigenvalue weighted by atomic mass is 79.9. The number of nitrogens with one attached hydrogen (secondary N) is 3. The first-order valence-corrected chi connectivity index (χ1v) is 21.3. The standard InChI is InChI=1S/C40H47BrN6O9S/c1-3-32(48)45-38-43-28(21-57-38)27-18-31(25-15-16-30(54-2)33(41)34(25)42-27)55-24-17-29-35(49)46-40(37(51)52)19-22(40)11-7-5-4-6-8-14-26(36(50)47(29)20-24)44-39(53)56-23-12-9-10-13-23/h7,11,15-16,18,21-24,26,29H,3-6,8-10,12-14,17,19-20H2,1-2H3,(H,44,53)(H,46,49)(H,51,52)(H,43,45,48)/b11-7-/t22?,24-,26+,29+,40-/m1/s1. The van der Waals surface area contributed by atoms with Gasteiger partial charge < -0.3 is 40.2 Å². The molecule has 1 aromatic carbocycles. The van der Waals surface area contributed by atoms with Crippen LogP contribution in [0.4, 0.5) is 9.93 Å². The number of carbonyl (C=O) groups is 5. The summed E-state index contributed by atoms with van der Waals surface area (Å²) in [5, 5.41) is 21.5. The number of alkyl carbamates (subject to hydrolysis) is 1. The van der Waals surface area contributed by atoms with Crippen LogP contribution in [0.1, 0.15) is 84.0 Å². The lowest BCUT2D eigenvalue weighted by molar-refractivity contribution is -0.145. The Morgan fingerprint density at radius 2 is 1.84 bits per heavy atom. The largest absolute Gasteiger partial charge is 0.495 e. The fourth-order valence-corrected chi connectivity index (χ4v) is 9.23. The van der Waals surface area contributed by atoms with Crippen LogP contribution in [0, 0.1) is 5.92 Å². The van der Waals surface area contributed by atoms with Crippen molar-refractivity contribution in [3.05, 3.63) is 40.2 Å². The number of methoxy groups -OCH3 is 1. The Bertz CT molecular complexity index is 2070. The lowest BCUT2D eigenvalue weighted by Crippen LogP contribution is -2.56. The van der Waals surface area contributed by atoms with Gasteiger partial charge in [0.25, 0.3) is 0 Å². The number of aromatic nitrogens is 2. The molecule has 4 aliphatic rings. The minimum absolute atomic E-state index is 0.0173. The Labute approximate surface area is 342 Å². The minimum atomic E-state index is -1.48. The van der Waals surface area contributed by atoms with E-state index in [-0.39, 0.29) is 37.3 Å². The first-order valence-electron chi connectivity index (χ1n) is 19.6. The molecule has 15 nitrogen and oxygen atoms in total. The van der Waals surface area contributed by atoms with Crippen LogP contribution in [-0.2, 0) is 23.9 Å². The molecule has 0 radical (unpaired) electrons. The fraction of sp³-hybridized carbons (Fsp3) is 0.525. The van der Waals surface area contributed by atoms with Crippen molar-refractivity contribution in [3.63, 3.8) is 0 Å². The quantitative estimate of drug-likeness (QED) is 0.175. The van der Waals surface area contributed by atoms with Gasteiger partial charge in [0.1, 0.15) is 47.0 Å². The Morgan fingerprint density at radius 1 is 1.05 bits per heavy atom. The molecule has 3 fully saturated rings. The van der Waals surface area contributed by atoms with Gasteiger partial charge in [-0.3, -0.25) is 14.4 Å². The highest BCUT2D eigenvalue weighted by Crippen LogP contribution is 2.46. The number of hydrogen-bond donors (Lipinski definition) is 4. The SMILES string of the molecule is CCC(=O)Nc1nc(-c2cc(O[C@@H]3C[C@H]4C(=O)N[C@]5(C(=O)O)CC5/C=C\CCCCC[C@H](NC(=O)OC5CCCC5)C(=O)N4C3)c3ccc(OC)c(Br)c3n2)cs1. The topological polar surface area (TPSA) is 198 Å². The number of pyridine rings is 1. The average Bonchev–Trinajstić information content (AvgIpc) is 3.62. The second kappa shape index (κ2) is 17.4. The molecule has 5 atom stereocenters. The number of benzene rings is 1. The maximum atomic E-state index is 14.6. The highest BCUT2D eigenvalue weighted by molar-refractivity contribution is 9.10. The zero-order chi connectivity index (χ0) is 40.3. The van der Waals surface area contributed by atoms with E-state index in [9.17, 15) is 29.1 Å². The molecule has 1 unspecified atom stereocenters. The van der Waals surface area contributed by atoms with E-state index in [0.29, 0.717) is 62.7 Å². The van der Waals surface area contributed by atoms with E-state index < -0.39 is 47.6 Å². The first kappa shape index (κ1) is 40.4. The summed E-state index contributed by atoms with van der Waals surface area (Å²) < 4.78 is 18.5. The Kier molecular flexibility index (Phi) is 12.3. The van der Waals surface area contributed by atoms with Gasteiger partial charge in [-0.2, -0.15) is 0 Å². The van der Waals surface area contributed by atoms with E-state index in [4.69, 9.17) is 19.2 Å². The van der Waals surface area contributed by atoms with Crippen LogP contribution in [0.15, 0.2) is 40.2 Å². The van der Waals surface area contributed by atoms with Gasteiger partial charge >= 0.3 is 12.1 Å². The third kappa shape index (κ3) is 8.88. The Morgan fingerprint density at radius 3 is 2.60 bits per heavy atom. The molecule has 7 rings (SSSR count). The number of ether oxygens (including phenoxy) is 3. The predicted octanol–water partition coefficient (Wildman–Crippen LogP) is 6.34. The normalized spacial score (nSPS) is 26.0. The van der Waals surface area contributed by atoms with Crippen molar-refractivity contribution in [2.45, 2.75) is 114 Å². The highest BCUT2D eigenvalue weighted by Gasteiger charge is 2.61. The summed E-state index contributed by atoms with van der Waals surface area (Å²) in [4.78, 5) is 77.5. The van der Waals surface area contributed by atoms with E-state index in [0.717, 1.165) is 44.9 Å². The van der Waals surface area contributed by atoms with E-state index >= 15 is 0 Å². The van der Waals surface area contributed by atoms with E-state index in [1.54, 1.807) is 37.6 Å². The van der Waals surface area contributed by atoms with Crippen LogP contribution in [-0.4, -0.2) is 93.2 Å². The number of halogens is 1. The van der Waals surface area contributed by atoms with Gasteiger partial charge in [0, 0.05) is 35.6 Å². The van der Waals surface area contributed by atoms with Crippen molar-refractivity contribution < 1.29 is 43.3 Å². The number of nitrogens with zero attached hydrogens (tertiary/aromatic N) is 3. The molecule has 57 heavy (non-hydrogen) atoms.